The highest BCUT2D eigenvalue weighted by atomic mass is 32.2. The lowest BCUT2D eigenvalue weighted by Gasteiger charge is -2.07. The lowest BCUT2D eigenvalue weighted by atomic mass is 10.1. The number of hydrogen-bond donors (Lipinski definition) is 3. The molecular formula is C23H24N4O3S2. The van der Waals surface area contributed by atoms with Gasteiger partial charge in [-0.25, -0.2) is 4.98 Å². The van der Waals surface area contributed by atoms with Crippen LogP contribution >= 0.6 is 23.1 Å². The van der Waals surface area contributed by atoms with Crippen LogP contribution in [-0.4, -0.2) is 28.5 Å². The van der Waals surface area contributed by atoms with Crippen LogP contribution in [0.1, 0.15) is 23.7 Å². The zero-order valence-corrected chi connectivity index (χ0v) is 19.7. The number of benzene rings is 2. The number of carbonyl (C=O) groups excluding carboxylic acids is 3. The van der Waals surface area contributed by atoms with Gasteiger partial charge in [0.15, 0.2) is 4.34 Å². The quantitative estimate of drug-likeness (QED) is 0.419. The first-order valence-electron chi connectivity index (χ1n) is 9.89. The van der Waals surface area contributed by atoms with Crippen molar-refractivity contribution in [1.82, 2.24) is 4.98 Å². The van der Waals surface area contributed by atoms with Gasteiger partial charge in [0.25, 0.3) is 0 Å². The van der Waals surface area contributed by atoms with Gasteiger partial charge in [0.05, 0.1) is 17.9 Å². The Bertz CT molecular complexity index is 1110. The molecule has 3 rings (SSSR count). The Morgan fingerprint density at radius 3 is 2.09 bits per heavy atom. The molecule has 0 radical (unpaired) electrons. The summed E-state index contributed by atoms with van der Waals surface area (Å²) in [6.07, 6.45) is 0.177. The molecule has 2 aromatic carbocycles. The minimum atomic E-state index is -0.161. The van der Waals surface area contributed by atoms with Crippen LogP contribution in [0.15, 0.2) is 52.2 Å². The van der Waals surface area contributed by atoms with E-state index >= 15 is 0 Å². The molecule has 9 heteroatoms. The predicted octanol–water partition coefficient (Wildman–Crippen LogP) is 4.63. The Hall–Kier alpha value is -3.17. The van der Waals surface area contributed by atoms with Gasteiger partial charge in [0, 0.05) is 29.4 Å². The van der Waals surface area contributed by atoms with Crippen molar-refractivity contribution in [3.05, 3.63) is 64.7 Å². The molecule has 166 valence electrons. The largest absolute Gasteiger partial charge is 0.326 e. The van der Waals surface area contributed by atoms with Gasteiger partial charge in [0.1, 0.15) is 0 Å². The summed E-state index contributed by atoms with van der Waals surface area (Å²) in [4.78, 5) is 40.0. The standard InChI is InChI=1S/C23H24N4O3S2/c1-14-8-15(2)10-19(9-14)26-21(29)11-20-12-31-23(27-20)32-13-22(30)25-18-6-4-17(5-7-18)24-16(3)28/h4-10,12H,11,13H2,1-3H3,(H,24,28)(H,25,30)(H,26,29). The number of aryl methyl sites for hydroxylation is 2. The molecule has 0 saturated heterocycles. The highest BCUT2D eigenvalue weighted by Gasteiger charge is 2.11. The monoisotopic (exact) mass is 468 g/mol. The van der Waals surface area contributed by atoms with Gasteiger partial charge in [-0.05, 0) is 61.4 Å². The van der Waals surface area contributed by atoms with Gasteiger partial charge in [-0.1, -0.05) is 17.8 Å². The molecule has 3 N–H and O–H groups in total. The number of hydrogen-bond acceptors (Lipinski definition) is 6. The number of thiazole rings is 1. The Kier molecular flexibility index (Phi) is 8.02. The van der Waals surface area contributed by atoms with Gasteiger partial charge in [-0.15, -0.1) is 11.3 Å². The second kappa shape index (κ2) is 10.9. The SMILES string of the molecule is CC(=O)Nc1ccc(NC(=O)CSc2nc(CC(=O)Nc3cc(C)cc(C)c3)cs2)cc1. The summed E-state index contributed by atoms with van der Waals surface area (Å²) in [5.41, 5.74) is 4.95. The molecule has 0 bridgehead atoms. The van der Waals surface area contributed by atoms with Crippen molar-refractivity contribution in [2.45, 2.75) is 31.5 Å². The van der Waals surface area contributed by atoms with E-state index in [1.54, 1.807) is 24.3 Å². The van der Waals surface area contributed by atoms with Crippen LogP contribution in [-0.2, 0) is 20.8 Å². The molecule has 0 aliphatic heterocycles. The smallest absolute Gasteiger partial charge is 0.234 e. The van der Waals surface area contributed by atoms with Crippen molar-refractivity contribution < 1.29 is 14.4 Å². The summed E-state index contributed by atoms with van der Waals surface area (Å²) in [5, 5.41) is 10.2. The zero-order valence-electron chi connectivity index (χ0n) is 18.0. The van der Waals surface area contributed by atoms with Crippen LogP contribution in [0.2, 0.25) is 0 Å². The minimum Gasteiger partial charge on any atom is -0.326 e. The van der Waals surface area contributed by atoms with Gasteiger partial charge in [-0.2, -0.15) is 0 Å². The summed E-state index contributed by atoms with van der Waals surface area (Å²) in [7, 11) is 0. The topological polar surface area (TPSA) is 100 Å². The number of nitrogens with one attached hydrogen (secondary N) is 3. The van der Waals surface area contributed by atoms with Crippen LogP contribution in [0, 0.1) is 13.8 Å². The van der Waals surface area contributed by atoms with E-state index in [4.69, 9.17) is 0 Å². The van der Waals surface area contributed by atoms with E-state index < -0.39 is 0 Å². The van der Waals surface area contributed by atoms with E-state index in [9.17, 15) is 14.4 Å². The molecule has 0 aliphatic carbocycles. The Morgan fingerprint density at radius 2 is 1.47 bits per heavy atom. The van der Waals surface area contributed by atoms with Crippen molar-refractivity contribution in [2.24, 2.45) is 0 Å². The first-order valence-corrected chi connectivity index (χ1v) is 11.8. The molecule has 0 fully saturated rings. The maximum atomic E-state index is 12.3. The van der Waals surface area contributed by atoms with Crippen LogP contribution in [0.3, 0.4) is 0 Å². The first-order chi connectivity index (χ1) is 15.3. The van der Waals surface area contributed by atoms with Gasteiger partial charge < -0.3 is 16.0 Å². The van der Waals surface area contributed by atoms with Crippen LogP contribution in [0.25, 0.3) is 0 Å². The summed E-state index contributed by atoms with van der Waals surface area (Å²) < 4.78 is 0.732. The van der Waals surface area contributed by atoms with Gasteiger partial charge in [-0.3, -0.25) is 14.4 Å². The van der Waals surface area contributed by atoms with E-state index in [2.05, 4.69) is 27.0 Å². The lowest BCUT2D eigenvalue weighted by Crippen LogP contribution is -2.15. The summed E-state index contributed by atoms with van der Waals surface area (Å²) >= 11 is 2.73. The predicted molar refractivity (Wildman–Crippen MR) is 130 cm³/mol. The van der Waals surface area contributed by atoms with Crippen molar-refractivity contribution in [3.8, 4) is 0 Å². The summed E-state index contributed by atoms with van der Waals surface area (Å²) in [5.74, 6) is -0.234. The van der Waals surface area contributed by atoms with Crippen molar-refractivity contribution in [1.29, 1.82) is 0 Å². The number of amides is 3. The zero-order chi connectivity index (χ0) is 23.1. The molecule has 32 heavy (non-hydrogen) atoms. The molecule has 3 aromatic rings. The third-order valence-electron chi connectivity index (χ3n) is 4.19. The molecule has 1 aromatic heterocycles. The van der Waals surface area contributed by atoms with E-state index in [1.165, 1.54) is 30.0 Å². The average molecular weight is 469 g/mol. The molecule has 3 amide bonds. The number of anilines is 3. The number of aromatic nitrogens is 1. The average Bonchev–Trinajstić information content (AvgIpc) is 3.14. The highest BCUT2D eigenvalue weighted by molar-refractivity contribution is 8.01. The summed E-state index contributed by atoms with van der Waals surface area (Å²) in [6, 6.07) is 12.8. The third kappa shape index (κ3) is 7.51. The van der Waals surface area contributed by atoms with Crippen molar-refractivity contribution in [2.75, 3.05) is 21.7 Å². The molecule has 0 spiro atoms. The van der Waals surface area contributed by atoms with Gasteiger partial charge in [0.2, 0.25) is 17.7 Å². The van der Waals surface area contributed by atoms with Gasteiger partial charge >= 0.3 is 0 Å². The number of nitrogens with zero attached hydrogens (tertiary/aromatic N) is 1. The van der Waals surface area contributed by atoms with Crippen molar-refractivity contribution >= 4 is 57.9 Å². The van der Waals surface area contributed by atoms with E-state index in [1.807, 2.05) is 31.4 Å². The lowest BCUT2D eigenvalue weighted by molar-refractivity contribution is -0.116. The number of thioether (sulfide) groups is 1. The first kappa shape index (κ1) is 23.5. The Morgan fingerprint density at radius 1 is 0.875 bits per heavy atom. The molecule has 0 saturated carbocycles. The highest BCUT2D eigenvalue weighted by Crippen LogP contribution is 2.24. The molecular weight excluding hydrogens is 444 g/mol. The second-order valence-corrected chi connectivity index (χ2v) is 9.38. The van der Waals surface area contributed by atoms with E-state index in [-0.39, 0.29) is 29.9 Å². The fourth-order valence-electron chi connectivity index (χ4n) is 3.02. The van der Waals surface area contributed by atoms with Crippen LogP contribution < -0.4 is 16.0 Å². The third-order valence-corrected chi connectivity index (χ3v) is 6.26. The molecule has 0 unspecified atom stereocenters. The van der Waals surface area contributed by atoms with Crippen molar-refractivity contribution in [3.63, 3.8) is 0 Å². The molecule has 0 atom stereocenters. The minimum absolute atomic E-state index is 0.127. The maximum absolute atomic E-state index is 12.3. The van der Waals surface area contributed by atoms with Crippen LogP contribution in [0.4, 0.5) is 17.1 Å². The fraction of sp³-hybridized carbons (Fsp3) is 0.217. The summed E-state index contributed by atoms with van der Waals surface area (Å²) in [6.45, 7) is 5.42. The maximum Gasteiger partial charge on any atom is 0.234 e. The second-order valence-electron chi connectivity index (χ2n) is 7.30. The Balaban J connectivity index is 1.45. The van der Waals surface area contributed by atoms with Crippen LogP contribution in [0.5, 0.6) is 0 Å². The van der Waals surface area contributed by atoms with E-state index in [0.717, 1.165) is 21.2 Å². The fourth-order valence-corrected chi connectivity index (χ4v) is 4.66. The Labute approximate surface area is 195 Å². The molecule has 0 aliphatic rings. The van der Waals surface area contributed by atoms with E-state index in [0.29, 0.717) is 17.1 Å². The molecule has 7 nitrogen and oxygen atoms in total. The number of rotatable bonds is 8. The normalized spacial score (nSPS) is 10.5. The number of carbonyl (C=O) groups is 3. The molecule has 1 heterocycles.